The second-order valence-electron chi connectivity index (χ2n) is 5.83. The summed E-state index contributed by atoms with van der Waals surface area (Å²) in [5, 5.41) is 7.03. The predicted octanol–water partition coefficient (Wildman–Crippen LogP) is 4.72. The van der Waals surface area contributed by atoms with E-state index in [2.05, 4.69) is 25.3 Å². The molecular weight excluding hydrogens is 549 g/mol. The number of thiazole rings is 1. The quantitative estimate of drug-likeness (QED) is 0.220. The van der Waals surface area contributed by atoms with Crippen LogP contribution in [-0.4, -0.2) is 30.8 Å². The van der Waals surface area contributed by atoms with Crippen LogP contribution in [0, 0.1) is 0 Å². The van der Waals surface area contributed by atoms with E-state index >= 15 is 0 Å². The highest BCUT2D eigenvalue weighted by molar-refractivity contribution is 14.0. The van der Waals surface area contributed by atoms with Crippen LogP contribution in [0.3, 0.4) is 0 Å². The Morgan fingerprint density at radius 1 is 1.10 bits per heavy atom. The van der Waals surface area contributed by atoms with Gasteiger partial charge in [0.2, 0.25) is 0 Å². The van der Waals surface area contributed by atoms with Gasteiger partial charge in [0.1, 0.15) is 11.6 Å². The normalized spacial score (nSPS) is 12.4. The van der Waals surface area contributed by atoms with Gasteiger partial charge in [-0.25, -0.2) is 4.98 Å². The fourth-order valence-corrected chi connectivity index (χ4v) is 2.94. The van der Waals surface area contributed by atoms with Crippen molar-refractivity contribution in [3.63, 3.8) is 0 Å². The molecule has 0 aliphatic rings. The molecule has 0 aliphatic heterocycles. The van der Waals surface area contributed by atoms with Gasteiger partial charge in [-0.15, -0.1) is 35.3 Å². The number of rotatable bonds is 7. The Morgan fingerprint density at radius 3 is 2.37 bits per heavy atom. The second-order valence-corrected chi connectivity index (χ2v) is 6.77. The van der Waals surface area contributed by atoms with Gasteiger partial charge >= 0.3 is 12.4 Å². The summed E-state index contributed by atoms with van der Waals surface area (Å²) in [5.41, 5.74) is 0.417. The summed E-state index contributed by atoms with van der Waals surface area (Å²) in [5.74, 6) is 0.340. The van der Waals surface area contributed by atoms with Crippen LogP contribution in [0.2, 0.25) is 0 Å². The monoisotopic (exact) mass is 568 g/mol. The van der Waals surface area contributed by atoms with Gasteiger partial charge in [0, 0.05) is 19.0 Å². The van der Waals surface area contributed by atoms with E-state index in [4.69, 9.17) is 0 Å². The summed E-state index contributed by atoms with van der Waals surface area (Å²) >= 11 is 0.884. The Hall–Kier alpha value is -1.61. The van der Waals surface area contributed by atoms with Crippen LogP contribution in [0.15, 0.2) is 34.6 Å². The number of ether oxygens (including phenoxy) is 1. The molecule has 0 saturated heterocycles. The molecule has 0 amide bonds. The summed E-state index contributed by atoms with van der Waals surface area (Å²) in [7, 11) is 1.50. The van der Waals surface area contributed by atoms with Gasteiger partial charge in [-0.3, -0.25) is 4.99 Å². The molecule has 1 aromatic heterocycles. The van der Waals surface area contributed by atoms with Gasteiger partial charge in [-0.2, -0.15) is 26.3 Å². The maximum absolute atomic E-state index is 12.6. The van der Waals surface area contributed by atoms with Crippen LogP contribution in [0.1, 0.15) is 21.8 Å². The lowest BCUT2D eigenvalue weighted by Crippen LogP contribution is -2.36. The van der Waals surface area contributed by atoms with Crippen LogP contribution in [0.25, 0.3) is 0 Å². The topological polar surface area (TPSA) is 58.5 Å². The van der Waals surface area contributed by atoms with Gasteiger partial charge in [0.05, 0.1) is 13.2 Å². The molecule has 1 heterocycles. The molecule has 0 saturated carbocycles. The highest BCUT2D eigenvalue weighted by Gasteiger charge is 2.33. The van der Waals surface area contributed by atoms with Crippen molar-refractivity contribution in [3.05, 3.63) is 51.5 Å². The summed E-state index contributed by atoms with van der Waals surface area (Å²) in [6, 6.07) is 6.79. The Kier molecular flexibility index (Phi) is 10.3. The lowest BCUT2D eigenvalue weighted by atomic mass is 10.1. The Balaban J connectivity index is 0.00000450. The number of aromatic nitrogens is 1. The first-order chi connectivity index (χ1) is 13.6. The van der Waals surface area contributed by atoms with Crippen LogP contribution in [-0.2, 0) is 30.6 Å². The van der Waals surface area contributed by atoms with Crippen molar-refractivity contribution >= 4 is 41.3 Å². The van der Waals surface area contributed by atoms with E-state index in [0.717, 1.165) is 22.3 Å². The summed E-state index contributed by atoms with van der Waals surface area (Å²) in [4.78, 5) is 7.49. The van der Waals surface area contributed by atoms with E-state index in [0.29, 0.717) is 18.1 Å². The zero-order chi connectivity index (χ0) is 21.5. The highest BCUT2D eigenvalue weighted by atomic mass is 127. The fraction of sp³-hybridized carbons (Fsp3) is 0.412. The standard InChI is InChI=1S/C17H18F6N4OS.HI/c1-24-15(26-7-14-27-13(9-29-14)17(21,22)23)25-6-11-3-2-4-12(5-11)8-28-10-16(18,19)20;/h2-5,9H,6-8,10H2,1H3,(H2,24,25,26);1H. The molecule has 0 radical (unpaired) electrons. The molecule has 0 spiro atoms. The van der Waals surface area contributed by atoms with E-state index in [9.17, 15) is 26.3 Å². The van der Waals surface area contributed by atoms with Crippen molar-refractivity contribution < 1.29 is 31.1 Å². The van der Waals surface area contributed by atoms with Gasteiger partial charge in [0.15, 0.2) is 11.7 Å². The Bertz CT molecular complexity index is 825. The molecule has 1 aromatic carbocycles. The predicted molar refractivity (Wildman–Crippen MR) is 112 cm³/mol. The fourth-order valence-electron chi connectivity index (χ4n) is 2.20. The molecule has 2 N–H and O–H groups in total. The van der Waals surface area contributed by atoms with E-state index < -0.39 is 24.7 Å². The third-order valence-corrected chi connectivity index (χ3v) is 4.31. The molecule has 168 valence electrons. The molecule has 13 heteroatoms. The molecule has 0 unspecified atom stereocenters. The summed E-state index contributed by atoms with van der Waals surface area (Å²) < 4.78 is 78.7. The Morgan fingerprint density at radius 2 is 1.77 bits per heavy atom. The van der Waals surface area contributed by atoms with E-state index in [-0.39, 0.29) is 42.1 Å². The van der Waals surface area contributed by atoms with Crippen molar-refractivity contribution in [2.45, 2.75) is 32.0 Å². The lowest BCUT2D eigenvalue weighted by molar-refractivity contribution is -0.176. The molecule has 0 bridgehead atoms. The minimum atomic E-state index is -4.48. The minimum Gasteiger partial charge on any atom is -0.367 e. The lowest BCUT2D eigenvalue weighted by Gasteiger charge is -2.12. The van der Waals surface area contributed by atoms with Crippen molar-refractivity contribution in [3.8, 4) is 0 Å². The largest absolute Gasteiger partial charge is 0.434 e. The number of alkyl halides is 6. The van der Waals surface area contributed by atoms with Crippen molar-refractivity contribution in [1.82, 2.24) is 15.6 Å². The first kappa shape index (κ1) is 26.4. The summed E-state index contributed by atoms with van der Waals surface area (Å²) in [6.07, 6.45) is -8.86. The molecule has 30 heavy (non-hydrogen) atoms. The number of benzene rings is 1. The number of halogens is 7. The zero-order valence-corrected chi connectivity index (χ0v) is 18.7. The van der Waals surface area contributed by atoms with E-state index in [1.54, 1.807) is 24.3 Å². The van der Waals surface area contributed by atoms with Crippen molar-refractivity contribution in [2.24, 2.45) is 4.99 Å². The zero-order valence-electron chi connectivity index (χ0n) is 15.6. The molecule has 2 aromatic rings. The first-order valence-corrected chi connectivity index (χ1v) is 9.13. The Labute approximate surface area is 190 Å². The molecule has 0 fully saturated rings. The SMILES string of the molecule is CN=C(NCc1cccc(COCC(F)(F)F)c1)NCc1nc(C(F)(F)F)cs1.I. The molecular formula is C17H19F6IN4OS. The number of hydrogen-bond donors (Lipinski definition) is 2. The van der Waals surface area contributed by atoms with E-state index in [1.165, 1.54) is 7.05 Å². The number of nitrogens with one attached hydrogen (secondary N) is 2. The number of nitrogens with zero attached hydrogens (tertiary/aromatic N) is 2. The first-order valence-electron chi connectivity index (χ1n) is 8.25. The minimum absolute atomic E-state index is 0. The smallest absolute Gasteiger partial charge is 0.367 e. The third-order valence-electron chi connectivity index (χ3n) is 3.46. The van der Waals surface area contributed by atoms with Crippen molar-refractivity contribution in [2.75, 3.05) is 13.7 Å². The average Bonchev–Trinajstić information content (AvgIpc) is 3.11. The maximum atomic E-state index is 12.6. The maximum Gasteiger partial charge on any atom is 0.434 e. The van der Waals surface area contributed by atoms with Gasteiger partial charge in [-0.05, 0) is 11.1 Å². The van der Waals surface area contributed by atoms with E-state index in [1.807, 2.05) is 0 Å². The third kappa shape index (κ3) is 9.47. The average molecular weight is 568 g/mol. The highest BCUT2D eigenvalue weighted by Crippen LogP contribution is 2.29. The van der Waals surface area contributed by atoms with Crippen LogP contribution in [0.5, 0.6) is 0 Å². The molecule has 5 nitrogen and oxygen atoms in total. The van der Waals surface area contributed by atoms with Gasteiger partial charge in [-0.1, -0.05) is 24.3 Å². The molecule has 2 rings (SSSR count). The van der Waals surface area contributed by atoms with Crippen molar-refractivity contribution in [1.29, 1.82) is 0 Å². The molecule has 0 aliphatic carbocycles. The molecule has 0 atom stereocenters. The van der Waals surface area contributed by atoms with Crippen LogP contribution >= 0.6 is 35.3 Å². The number of guanidine groups is 1. The number of hydrogen-bond acceptors (Lipinski definition) is 4. The van der Waals surface area contributed by atoms with Crippen LogP contribution in [0.4, 0.5) is 26.3 Å². The number of aliphatic imine (C=N–C) groups is 1. The van der Waals surface area contributed by atoms with Crippen LogP contribution < -0.4 is 10.6 Å². The van der Waals surface area contributed by atoms with Gasteiger partial charge < -0.3 is 15.4 Å². The summed E-state index contributed by atoms with van der Waals surface area (Å²) in [6.45, 7) is -1.13. The van der Waals surface area contributed by atoms with Gasteiger partial charge in [0.25, 0.3) is 0 Å². The second kappa shape index (κ2) is 11.7.